The molecule has 0 aliphatic rings. The third-order valence-corrected chi connectivity index (χ3v) is 4.81. The average molecular weight is 330 g/mol. The first-order valence-electron chi connectivity index (χ1n) is 7.02. The minimum Gasteiger partial charge on any atom is -0.380 e. The van der Waals surface area contributed by atoms with Crippen LogP contribution in [0.1, 0.15) is 22.5 Å². The fourth-order valence-electron chi connectivity index (χ4n) is 2.25. The van der Waals surface area contributed by atoms with Crippen LogP contribution in [0.2, 0.25) is 0 Å². The van der Waals surface area contributed by atoms with Gasteiger partial charge in [0.15, 0.2) is 0 Å². The number of nitriles is 1. The van der Waals surface area contributed by atoms with Crippen LogP contribution in [0.5, 0.6) is 0 Å². The van der Waals surface area contributed by atoms with Gasteiger partial charge in [0.25, 0.3) is 0 Å². The van der Waals surface area contributed by atoms with Gasteiger partial charge in [-0.05, 0) is 44.7 Å². The second-order valence-electron chi connectivity index (χ2n) is 5.09. The van der Waals surface area contributed by atoms with Crippen LogP contribution >= 0.6 is 0 Å². The van der Waals surface area contributed by atoms with Gasteiger partial charge in [-0.15, -0.1) is 0 Å². The molecule has 1 aromatic carbocycles. The number of benzene rings is 1. The monoisotopic (exact) mass is 330 g/mol. The van der Waals surface area contributed by atoms with Crippen molar-refractivity contribution in [3.8, 4) is 6.07 Å². The van der Waals surface area contributed by atoms with Crippen molar-refractivity contribution in [3.63, 3.8) is 0 Å². The van der Waals surface area contributed by atoms with Crippen LogP contribution in [-0.2, 0) is 16.6 Å². The van der Waals surface area contributed by atoms with E-state index in [9.17, 15) is 13.7 Å². The van der Waals surface area contributed by atoms with Gasteiger partial charge in [-0.2, -0.15) is 5.26 Å². The van der Waals surface area contributed by atoms with Gasteiger partial charge in [0.2, 0.25) is 10.0 Å². The van der Waals surface area contributed by atoms with E-state index < -0.39 is 10.0 Å². The fourth-order valence-corrected chi connectivity index (χ4v) is 3.05. The summed E-state index contributed by atoms with van der Waals surface area (Å²) in [6, 6.07) is 10.6. The first kappa shape index (κ1) is 16.9. The van der Waals surface area contributed by atoms with Gasteiger partial charge in [0.1, 0.15) is 6.07 Å². The van der Waals surface area contributed by atoms with Crippen LogP contribution in [0.4, 0.5) is 5.69 Å². The predicted molar refractivity (Wildman–Crippen MR) is 88.4 cm³/mol. The molecule has 7 heteroatoms. The van der Waals surface area contributed by atoms with E-state index in [2.05, 4.69) is 21.1 Å². The van der Waals surface area contributed by atoms with E-state index >= 15 is 0 Å². The van der Waals surface area contributed by atoms with Gasteiger partial charge >= 0.3 is 0 Å². The van der Waals surface area contributed by atoms with Crippen molar-refractivity contribution in [2.75, 3.05) is 12.4 Å². The molecule has 0 aliphatic heterocycles. The number of hydrogen-bond acceptors (Lipinski definition) is 5. The van der Waals surface area contributed by atoms with E-state index in [0.29, 0.717) is 23.5 Å². The fraction of sp³-hybridized carbons (Fsp3) is 0.250. The number of hydrogen-bond donors (Lipinski definition) is 2. The molecule has 0 bridgehead atoms. The van der Waals surface area contributed by atoms with Crippen LogP contribution in [0, 0.1) is 25.2 Å². The van der Waals surface area contributed by atoms with Crippen LogP contribution in [0.25, 0.3) is 0 Å². The molecule has 0 spiro atoms. The molecule has 0 atom stereocenters. The van der Waals surface area contributed by atoms with Gasteiger partial charge in [0, 0.05) is 12.2 Å². The standard InChI is InChI=1S/C16H18N4O2S/c1-11-7-16(15(9-17)12(2)20-11)19-10-13-5-4-6-14(8-13)23(21,22)18-3/h4-8,18H,10H2,1-3H3,(H,19,20). The summed E-state index contributed by atoms with van der Waals surface area (Å²) in [5, 5.41) is 12.4. The molecule has 6 nitrogen and oxygen atoms in total. The summed E-state index contributed by atoms with van der Waals surface area (Å²) in [7, 11) is -2.09. The van der Waals surface area contributed by atoms with Gasteiger partial charge in [-0.3, -0.25) is 4.98 Å². The summed E-state index contributed by atoms with van der Waals surface area (Å²) in [6.45, 7) is 4.06. The maximum absolute atomic E-state index is 11.8. The largest absolute Gasteiger partial charge is 0.380 e. The van der Waals surface area contributed by atoms with Gasteiger partial charge < -0.3 is 5.32 Å². The Kier molecular flexibility index (Phi) is 4.98. The van der Waals surface area contributed by atoms with Crippen LogP contribution in [0.3, 0.4) is 0 Å². The molecule has 0 amide bonds. The number of anilines is 1. The predicted octanol–water partition coefficient (Wildman–Crippen LogP) is 2.09. The van der Waals surface area contributed by atoms with Gasteiger partial charge in [0.05, 0.1) is 21.8 Å². The summed E-state index contributed by atoms with van der Waals surface area (Å²) in [5.74, 6) is 0. The first-order valence-corrected chi connectivity index (χ1v) is 8.50. The molecule has 2 N–H and O–H groups in total. The topological polar surface area (TPSA) is 94.9 Å². The number of aromatic nitrogens is 1. The van der Waals surface area contributed by atoms with Crippen molar-refractivity contribution in [1.82, 2.24) is 9.71 Å². The highest BCUT2D eigenvalue weighted by molar-refractivity contribution is 7.89. The summed E-state index contributed by atoms with van der Waals surface area (Å²) in [5.41, 5.74) is 3.48. The van der Waals surface area contributed by atoms with E-state index in [1.54, 1.807) is 25.1 Å². The number of rotatable bonds is 5. The summed E-state index contributed by atoms with van der Waals surface area (Å²) >= 11 is 0. The smallest absolute Gasteiger partial charge is 0.240 e. The maximum atomic E-state index is 11.8. The normalized spacial score (nSPS) is 11.0. The molecule has 1 heterocycles. The number of sulfonamides is 1. The Bertz CT molecular complexity index is 870. The van der Waals surface area contributed by atoms with E-state index in [0.717, 1.165) is 11.3 Å². The lowest BCUT2D eigenvalue weighted by atomic mass is 10.1. The molecule has 1 aromatic heterocycles. The lowest BCUT2D eigenvalue weighted by molar-refractivity contribution is 0.588. The molecular formula is C16H18N4O2S. The van der Waals surface area contributed by atoms with Crippen molar-refractivity contribution in [2.24, 2.45) is 0 Å². The van der Waals surface area contributed by atoms with E-state index in [-0.39, 0.29) is 4.90 Å². The lowest BCUT2D eigenvalue weighted by Gasteiger charge is -2.11. The average Bonchev–Trinajstić information content (AvgIpc) is 2.52. The third kappa shape index (κ3) is 3.86. The zero-order valence-electron chi connectivity index (χ0n) is 13.2. The Hall–Kier alpha value is -2.43. The summed E-state index contributed by atoms with van der Waals surface area (Å²) in [6.07, 6.45) is 0. The molecule has 0 saturated heterocycles. The van der Waals surface area contributed by atoms with E-state index in [1.165, 1.54) is 13.1 Å². The summed E-state index contributed by atoms with van der Waals surface area (Å²) < 4.78 is 26.0. The number of pyridine rings is 1. The second-order valence-corrected chi connectivity index (χ2v) is 6.98. The Labute approximate surface area is 136 Å². The zero-order chi connectivity index (χ0) is 17.0. The highest BCUT2D eigenvalue weighted by Crippen LogP contribution is 2.20. The highest BCUT2D eigenvalue weighted by atomic mass is 32.2. The molecule has 0 radical (unpaired) electrons. The van der Waals surface area contributed by atoms with Crippen LogP contribution < -0.4 is 10.0 Å². The molecule has 0 aliphatic carbocycles. The minimum atomic E-state index is -3.47. The van der Waals surface area contributed by atoms with Gasteiger partial charge in [-0.1, -0.05) is 12.1 Å². The van der Waals surface area contributed by atoms with Crippen molar-refractivity contribution in [2.45, 2.75) is 25.3 Å². The Morgan fingerprint density at radius 2 is 2.00 bits per heavy atom. The zero-order valence-corrected chi connectivity index (χ0v) is 14.0. The van der Waals surface area contributed by atoms with Crippen LogP contribution in [-0.4, -0.2) is 20.4 Å². The van der Waals surface area contributed by atoms with E-state index in [1.807, 2.05) is 13.0 Å². The quantitative estimate of drug-likeness (QED) is 0.875. The molecule has 0 saturated carbocycles. The Morgan fingerprint density at radius 3 is 2.65 bits per heavy atom. The number of nitrogens with zero attached hydrogens (tertiary/aromatic N) is 2. The van der Waals surface area contributed by atoms with Crippen molar-refractivity contribution >= 4 is 15.7 Å². The van der Waals surface area contributed by atoms with Crippen molar-refractivity contribution in [3.05, 3.63) is 52.8 Å². The molecule has 23 heavy (non-hydrogen) atoms. The number of aryl methyl sites for hydroxylation is 2. The minimum absolute atomic E-state index is 0.210. The Morgan fingerprint density at radius 1 is 1.26 bits per heavy atom. The second kappa shape index (κ2) is 6.77. The van der Waals surface area contributed by atoms with Crippen molar-refractivity contribution < 1.29 is 8.42 Å². The van der Waals surface area contributed by atoms with Crippen LogP contribution in [0.15, 0.2) is 35.2 Å². The lowest BCUT2D eigenvalue weighted by Crippen LogP contribution is -2.18. The molecule has 120 valence electrons. The molecule has 0 unspecified atom stereocenters. The van der Waals surface area contributed by atoms with E-state index in [4.69, 9.17) is 0 Å². The molecule has 0 fully saturated rings. The first-order chi connectivity index (χ1) is 10.9. The molecule has 2 rings (SSSR count). The molecule has 2 aromatic rings. The molecular weight excluding hydrogens is 312 g/mol. The Balaban J connectivity index is 2.26. The summed E-state index contributed by atoms with van der Waals surface area (Å²) in [4.78, 5) is 4.48. The SMILES string of the molecule is CNS(=O)(=O)c1cccc(CNc2cc(C)nc(C)c2C#N)c1. The highest BCUT2D eigenvalue weighted by Gasteiger charge is 2.12. The van der Waals surface area contributed by atoms with Crippen molar-refractivity contribution in [1.29, 1.82) is 5.26 Å². The maximum Gasteiger partial charge on any atom is 0.240 e. The number of nitrogens with one attached hydrogen (secondary N) is 2. The van der Waals surface area contributed by atoms with Gasteiger partial charge in [-0.25, -0.2) is 13.1 Å². The third-order valence-electron chi connectivity index (χ3n) is 3.40.